The van der Waals surface area contributed by atoms with Crippen LogP contribution in [0.3, 0.4) is 0 Å². The van der Waals surface area contributed by atoms with Crippen molar-refractivity contribution < 1.29 is 4.42 Å². The van der Waals surface area contributed by atoms with Crippen molar-refractivity contribution in [3.05, 3.63) is 231 Å². The molecule has 15 aromatic rings. The fourth-order valence-electron chi connectivity index (χ4n) is 11.1. The van der Waals surface area contributed by atoms with Crippen LogP contribution < -0.4 is 0 Å². The average Bonchev–Trinajstić information content (AvgIpc) is 4.17. The number of benzene rings is 10. The second-order valence-electron chi connectivity index (χ2n) is 18.0. The molecule has 0 aliphatic heterocycles. The van der Waals surface area contributed by atoms with Crippen molar-refractivity contribution >= 4 is 87.4 Å². The molecule has 0 aliphatic carbocycles. The molecule has 70 heavy (non-hydrogen) atoms. The van der Waals surface area contributed by atoms with Crippen molar-refractivity contribution in [3.63, 3.8) is 0 Å². The Bertz CT molecular complexity index is 4540. The van der Waals surface area contributed by atoms with Crippen molar-refractivity contribution in [2.75, 3.05) is 0 Å². The van der Waals surface area contributed by atoms with Gasteiger partial charge in [0.1, 0.15) is 11.2 Å². The molecular formula is C63H38N6O. The lowest BCUT2D eigenvalue weighted by Gasteiger charge is -2.12. The van der Waals surface area contributed by atoms with E-state index in [0.717, 1.165) is 88.4 Å². The molecule has 0 unspecified atom stereocenters. The molecular weight excluding hydrogens is 857 g/mol. The Labute approximate surface area is 400 Å². The number of fused-ring (bicyclic) bond motifs is 12. The molecule has 10 aromatic carbocycles. The topological polar surface area (TPSA) is 66.6 Å². The predicted octanol–water partition coefficient (Wildman–Crippen LogP) is 16.1. The highest BCUT2D eigenvalue weighted by molar-refractivity contribution is 6.18. The van der Waals surface area contributed by atoms with E-state index < -0.39 is 0 Å². The van der Waals surface area contributed by atoms with Crippen molar-refractivity contribution in [1.82, 2.24) is 28.7 Å². The number of hydrogen-bond acceptors (Lipinski definition) is 4. The molecule has 15 rings (SSSR count). The van der Waals surface area contributed by atoms with Crippen molar-refractivity contribution in [2.45, 2.75) is 0 Å². The van der Waals surface area contributed by atoms with Crippen LogP contribution in [0.2, 0.25) is 0 Å². The molecule has 326 valence electrons. The molecule has 0 saturated heterocycles. The molecule has 0 radical (unpaired) electrons. The van der Waals surface area contributed by atoms with Gasteiger partial charge in [0.25, 0.3) is 0 Å². The lowest BCUT2D eigenvalue weighted by Crippen LogP contribution is -2.06. The summed E-state index contributed by atoms with van der Waals surface area (Å²) in [5.41, 5.74) is 14.6. The Morgan fingerprint density at radius 1 is 0.300 bits per heavy atom. The van der Waals surface area contributed by atoms with E-state index in [1.807, 2.05) is 30.3 Å². The minimum Gasteiger partial charge on any atom is -0.456 e. The van der Waals surface area contributed by atoms with Gasteiger partial charge in [0.05, 0.1) is 38.8 Å². The molecule has 7 heteroatoms. The Morgan fingerprint density at radius 2 is 0.857 bits per heavy atom. The van der Waals surface area contributed by atoms with Crippen LogP contribution in [0.25, 0.3) is 139 Å². The summed E-state index contributed by atoms with van der Waals surface area (Å²) in [6.45, 7) is 0. The number of furan rings is 1. The van der Waals surface area contributed by atoms with Crippen LogP contribution in [-0.4, -0.2) is 28.7 Å². The van der Waals surface area contributed by atoms with Gasteiger partial charge in [-0.25, -0.2) is 4.98 Å². The smallest absolute Gasteiger partial charge is 0.238 e. The monoisotopic (exact) mass is 894 g/mol. The molecule has 0 atom stereocenters. The van der Waals surface area contributed by atoms with Gasteiger partial charge in [-0.2, -0.15) is 9.97 Å². The third-order valence-corrected chi connectivity index (χ3v) is 14.1. The first-order valence-electron chi connectivity index (χ1n) is 23.6. The van der Waals surface area contributed by atoms with Crippen LogP contribution in [0.1, 0.15) is 0 Å². The van der Waals surface area contributed by atoms with Crippen molar-refractivity contribution in [3.8, 4) is 51.2 Å². The minimum absolute atomic E-state index is 0.556. The largest absolute Gasteiger partial charge is 0.456 e. The molecule has 0 bridgehead atoms. The Hall–Kier alpha value is -9.59. The van der Waals surface area contributed by atoms with Gasteiger partial charge in [0.15, 0.2) is 11.6 Å². The predicted molar refractivity (Wildman–Crippen MR) is 286 cm³/mol. The number of hydrogen-bond donors (Lipinski definition) is 0. The van der Waals surface area contributed by atoms with Crippen LogP contribution >= 0.6 is 0 Å². The van der Waals surface area contributed by atoms with Gasteiger partial charge in [-0.3, -0.25) is 4.57 Å². The van der Waals surface area contributed by atoms with Gasteiger partial charge < -0.3 is 13.6 Å². The van der Waals surface area contributed by atoms with Crippen LogP contribution in [0.5, 0.6) is 0 Å². The first kappa shape index (κ1) is 38.5. The molecule has 0 aliphatic rings. The van der Waals surface area contributed by atoms with Gasteiger partial charge in [-0.15, -0.1) is 0 Å². The summed E-state index contributed by atoms with van der Waals surface area (Å²) in [6.07, 6.45) is 0. The van der Waals surface area contributed by atoms with E-state index in [9.17, 15) is 0 Å². The Morgan fingerprint density at radius 3 is 1.59 bits per heavy atom. The highest BCUT2D eigenvalue weighted by Gasteiger charge is 2.22. The maximum atomic E-state index is 6.76. The fraction of sp³-hybridized carbons (Fsp3) is 0. The first-order chi connectivity index (χ1) is 34.7. The van der Waals surface area contributed by atoms with E-state index >= 15 is 0 Å². The molecule has 0 N–H and O–H groups in total. The third kappa shape index (κ3) is 5.66. The molecule has 5 heterocycles. The maximum absolute atomic E-state index is 6.76. The van der Waals surface area contributed by atoms with Gasteiger partial charge in [-0.05, 0) is 90.0 Å². The lowest BCUT2D eigenvalue weighted by molar-refractivity contribution is 0.669. The maximum Gasteiger partial charge on any atom is 0.238 e. The van der Waals surface area contributed by atoms with Gasteiger partial charge >= 0.3 is 0 Å². The van der Waals surface area contributed by atoms with E-state index in [1.165, 1.54) is 32.6 Å². The van der Waals surface area contributed by atoms with E-state index in [1.54, 1.807) is 0 Å². The first-order valence-corrected chi connectivity index (χ1v) is 23.6. The van der Waals surface area contributed by atoms with E-state index in [0.29, 0.717) is 17.6 Å². The summed E-state index contributed by atoms with van der Waals surface area (Å²) >= 11 is 0. The second kappa shape index (κ2) is 15.0. The highest BCUT2D eigenvalue weighted by Crippen LogP contribution is 2.43. The summed E-state index contributed by atoms with van der Waals surface area (Å²) in [5.74, 6) is 1.72. The fourth-order valence-corrected chi connectivity index (χ4v) is 11.1. The van der Waals surface area contributed by atoms with Gasteiger partial charge in [0, 0.05) is 59.9 Å². The van der Waals surface area contributed by atoms with Gasteiger partial charge in [0.2, 0.25) is 5.95 Å². The molecule has 5 aromatic heterocycles. The SMILES string of the molecule is c1ccc(-c2nc(-c3ccc4c(c3)oc3cccc(-c5ccc6c(c5)c5ccccc5n6-c5cccc6c5c5ccccc5n6-c5ccccc5)c34)nc(-n3c4ccccc4c4ccccc43)n2)cc1. The molecule has 0 saturated carbocycles. The number of rotatable bonds is 6. The quantitative estimate of drug-likeness (QED) is 0.167. The molecule has 7 nitrogen and oxygen atoms in total. The second-order valence-corrected chi connectivity index (χ2v) is 18.0. The highest BCUT2D eigenvalue weighted by atomic mass is 16.3. The van der Waals surface area contributed by atoms with E-state index in [2.05, 4.69) is 214 Å². The Balaban J connectivity index is 0.889. The number of nitrogens with zero attached hydrogens (tertiary/aromatic N) is 6. The average molecular weight is 895 g/mol. The standard InChI is InChI=1S/C63H38N6O/c1-3-17-39(18-4-1)61-64-62(66-63(65-61)69-51-27-12-7-21-44(51)45-22-8-13-28-52(45)69)41-33-35-48-58(38-41)70-57-32-15-25-43(59(48)57)40-34-36-54-49(37-40)46-23-9-11-26-50(46)68(54)56-31-16-30-55-60(56)47-24-10-14-29-53(47)67(55)42-19-5-2-6-20-42/h1-38H. The minimum atomic E-state index is 0.556. The molecule has 0 spiro atoms. The van der Waals surface area contributed by atoms with Crippen molar-refractivity contribution in [2.24, 2.45) is 0 Å². The van der Waals surface area contributed by atoms with Crippen LogP contribution in [0, 0.1) is 0 Å². The van der Waals surface area contributed by atoms with Crippen LogP contribution in [0.4, 0.5) is 0 Å². The van der Waals surface area contributed by atoms with E-state index in [-0.39, 0.29) is 0 Å². The summed E-state index contributed by atoms with van der Waals surface area (Å²) in [7, 11) is 0. The zero-order valence-electron chi connectivity index (χ0n) is 37.5. The Kier molecular flexibility index (Phi) is 8.23. The number of para-hydroxylation sites is 5. The molecule has 0 fully saturated rings. The van der Waals surface area contributed by atoms with Crippen LogP contribution in [0.15, 0.2) is 235 Å². The van der Waals surface area contributed by atoms with Gasteiger partial charge in [-0.1, -0.05) is 152 Å². The summed E-state index contributed by atoms with van der Waals surface area (Å²) in [5, 5.41) is 9.21. The zero-order chi connectivity index (χ0) is 45.9. The normalized spacial score (nSPS) is 12.0. The summed E-state index contributed by atoms with van der Waals surface area (Å²) < 4.78 is 13.7. The summed E-state index contributed by atoms with van der Waals surface area (Å²) in [4.78, 5) is 15.5. The summed E-state index contributed by atoms with van der Waals surface area (Å²) in [6, 6.07) is 81.5. The van der Waals surface area contributed by atoms with Crippen molar-refractivity contribution in [1.29, 1.82) is 0 Å². The molecule has 0 amide bonds. The lowest BCUT2D eigenvalue weighted by atomic mass is 9.97. The zero-order valence-corrected chi connectivity index (χ0v) is 37.5. The van der Waals surface area contributed by atoms with Crippen LogP contribution in [-0.2, 0) is 0 Å². The number of aromatic nitrogens is 6. The third-order valence-electron chi connectivity index (χ3n) is 14.1. The van der Waals surface area contributed by atoms with E-state index in [4.69, 9.17) is 19.4 Å².